The van der Waals surface area contributed by atoms with Crippen molar-refractivity contribution in [2.24, 2.45) is 0 Å². The first-order valence-electron chi connectivity index (χ1n) is 4.08. The van der Waals surface area contributed by atoms with Crippen molar-refractivity contribution >= 4 is 10.0 Å². The second-order valence-electron chi connectivity index (χ2n) is 3.24. The van der Waals surface area contributed by atoms with Gasteiger partial charge in [-0.2, -0.15) is 35.0 Å². The van der Waals surface area contributed by atoms with Crippen LogP contribution in [0.1, 0.15) is 6.92 Å². The van der Waals surface area contributed by atoms with Gasteiger partial charge in [-0.1, -0.05) is 0 Å². The molecule has 12 heteroatoms. The highest BCUT2D eigenvalue weighted by Crippen LogP contribution is 2.49. The number of rotatable bonds is 4. The molecule has 0 rings (SSSR count). The van der Waals surface area contributed by atoms with E-state index in [2.05, 4.69) is 0 Å². The molecule has 0 saturated carbocycles. The summed E-state index contributed by atoms with van der Waals surface area (Å²) in [4.78, 5) is 0. The lowest BCUT2D eigenvalue weighted by molar-refractivity contribution is -0.332. The first-order chi connectivity index (χ1) is 7.60. The zero-order chi connectivity index (χ0) is 15.2. The Kier molecular flexibility index (Phi) is 4.33. The van der Waals surface area contributed by atoms with Crippen LogP contribution in [-0.4, -0.2) is 48.5 Å². The van der Waals surface area contributed by atoms with E-state index in [1.807, 2.05) is 0 Å². The van der Waals surface area contributed by atoms with E-state index >= 15 is 0 Å². The third kappa shape index (κ3) is 2.40. The maximum absolute atomic E-state index is 12.9. The molecule has 0 heterocycles. The van der Waals surface area contributed by atoms with Gasteiger partial charge in [-0.25, -0.2) is 8.42 Å². The standard InChI is InChI=1S/C6H8F7NO3S/c1-3(15)14(2)18(16,17)6(12,13)4(7,8)5(9,10)11/h3,15H,1-2H3. The van der Waals surface area contributed by atoms with Crippen molar-refractivity contribution in [2.45, 2.75) is 30.5 Å². The number of aliphatic hydroxyl groups is 1. The minimum absolute atomic E-state index is 0.236. The second-order valence-corrected chi connectivity index (χ2v) is 5.28. The fraction of sp³-hybridized carbons (Fsp3) is 1.00. The van der Waals surface area contributed by atoms with E-state index in [1.165, 1.54) is 0 Å². The molecule has 0 aliphatic heterocycles. The summed E-state index contributed by atoms with van der Waals surface area (Å²) >= 11 is 0. The number of aliphatic hydroxyl groups excluding tert-OH is 1. The average molecular weight is 307 g/mol. The van der Waals surface area contributed by atoms with Crippen LogP contribution in [0, 0.1) is 0 Å². The van der Waals surface area contributed by atoms with Crippen molar-refractivity contribution in [1.29, 1.82) is 0 Å². The lowest BCUT2D eigenvalue weighted by atomic mass is 10.3. The van der Waals surface area contributed by atoms with Gasteiger partial charge >= 0.3 is 17.4 Å². The van der Waals surface area contributed by atoms with E-state index < -0.39 is 37.9 Å². The van der Waals surface area contributed by atoms with Crippen LogP contribution >= 0.6 is 0 Å². The van der Waals surface area contributed by atoms with Crippen molar-refractivity contribution in [1.82, 2.24) is 4.31 Å². The fourth-order valence-corrected chi connectivity index (χ4v) is 1.91. The summed E-state index contributed by atoms with van der Waals surface area (Å²) in [6.45, 7) is 0.597. The Morgan fingerprint density at radius 2 is 1.39 bits per heavy atom. The minimum Gasteiger partial charge on any atom is -0.378 e. The quantitative estimate of drug-likeness (QED) is 0.630. The summed E-state index contributed by atoms with van der Waals surface area (Å²) in [5, 5.41) is 2.24. The molecule has 0 amide bonds. The zero-order valence-corrected chi connectivity index (χ0v) is 9.66. The molecule has 0 aliphatic carbocycles. The van der Waals surface area contributed by atoms with Crippen molar-refractivity contribution in [2.75, 3.05) is 7.05 Å². The molecule has 0 fully saturated rings. The molecule has 1 atom stereocenters. The van der Waals surface area contributed by atoms with Crippen molar-refractivity contribution in [3.05, 3.63) is 0 Å². The van der Waals surface area contributed by atoms with Gasteiger partial charge in [0.25, 0.3) is 10.0 Å². The average Bonchev–Trinajstić information content (AvgIpc) is 2.13. The minimum atomic E-state index is -6.79. The Balaban J connectivity index is 5.81. The third-order valence-electron chi connectivity index (χ3n) is 1.95. The molecule has 0 saturated heterocycles. The lowest BCUT2D eigenvalue weighted by Gasteiger charge is -2.31. The van der Waals surface area contributed by atoms with Crippen LogP contribution < -0.4 is 0 Å². The number of nitrogens with zero attached hydrogens (tertiary/aromatic N) is 1. The fourth-order valence-electron chi connectivity index (χ4n) is 0.709. The Bertz CT molecular complexity index is 402. The topological polar surface area (TPSA) is 57.6 Å². The molecule has 110 valence electrons. The molecule has 1 N–H and O–H groups in total. The first kappa shape index (κ1) is 17.4. The Morgan fingerprint density at radius 1 is 1.06 bits per heavy atom. The van der Waals surface area contributed by atoms with E-state index in [-0.39, 0.29) is 7.05 Å². The molecule has 0 aliphatic rings. The van der Waals surface area contributed by atoms with Gasteiger partial charge in [0.1, 0.15) is 6.23 Å². The summed E-state index contributed by atoms with van der Waals surface area (Å²) in [5.74, 6) is -6.79. The van der Waals surface area contributed by atoms with E-state index in [9.17, 15) is 39.2 Å². The summed E-state index contributed by atoms with van der Waals surface area (Å²) in [7, 11) is -6.16. The summed E-state index contributed by atoms with van der Waals surface area (Å²) in [6.07, 6.45) is -8.96. The first-order valence-corrected chi connectivity index (χ1v) is 5.52. The zero-order valence-electron chi connectivity index (χ0n) is 8.84. The maximum atomic E-state index is 12.9. The normalized spacial score (nSPS) is 17.1. The largest absolute Gasteiger partial charge is 0.461 e. The summed E-state index contributed by atoms with van der Waals surface area (Å²) in [6, 6.07) is 0. The maximum Gasteiger partial charge on any atom is 0.461 e. The van der Waals surface area contributed by atoms with Gasteiger partial charge < -0.3 is 5.11 Å². The molecule has 0 aromatic carbocycles. The number of alkyl halides is 7. The predicted octanol–water partition coefficient (Wildman–Crippen LogP) is 1.38. The number of hydrogen-bond acceptors (Lipinski definition) is 3. The molecule has 0 aromatic rings. The van der Waals surface area contributed by atoms with Gasteiger partial charge in [0.2, 0.25) is 0 Å². The molecular formula is C6H8F7NO3S. The molecule has 0 radical (unpaired) electrons. The van der Waals surface area contributed by atoms with Gasteiger partial charge in [0, 0.05) is 7.05 Å². The summed E-state index contributed by atoms with van der Waals surface area (Å²) in [5.41, 5.74) is 0. The molecular weight excluding hydrogens is 299 g/mol. The van der Waals surface area contributed by atoms with Gasteiger partial charge in [0.05, 0.1) is 0 Å². The molecule has 0 bridgehead atoms. The van der Waals surface area contributed by atoms with Gasteiger partial charge in [-0.15, -0.1) is 0 Å². The highest BCUT2D eigenvalue weighted by atomic mass is 32.2. The Labute approximate surface area is 97.0 Å². The number of halogens is 7. The molecule has 4 nitrogen and oxygen atoms in total. The Hall–Kier alpha value is -0.620. The third-order valence-corrected chi connectivity index (χ3v) is 3.92. The second kappa shape index (κ2) is 4.49. The smallest absolute Gasteiger partial charge is 0.378 e. The van der Waals surface area contributed by atoms with Crippen LogP contribution in [0.4, 0.5) is 30.7 Å². The van der Waals surface area contributed by atoms with Crippen molar-refractivity contribution in [3.63, 3.8) is 0 Å². The van der Waals surface area contributed by atoms with Crippen molar-refractivity contribution < 1.29 is 44.3 Å². The van der Waals surface area contributed by atoms with Crippen LogP contribution in [0.2, 0.25) is 0 Å². The monoisotopic (exact) mass is 307 g/mol. The van der Waals surface area contributed by atoms with Crippen LogP contribution in [-0.2, 0) is 10.0 Å². The van der Waals surface area contributed by atoms with Gasteiger partial charge in [-0.3, -0.25) is 0 Å². The van der Waals surface area contributed by atoms with E-state index in [0.717, 1.165) is 0 Å². The number of hydrogen-bond donors (Lipinski definition) is 1. The van der Waals surface area contributed by atoms with E-state index in [1.54, 1.807) is 0 Å². The number of sulfonamides is 1. The Morgan fingerprint density at radius 3 is 1.61 bits per heavy atom. The van der Waals surface area contributed by atoms with Crippen LogP contribution in [0.15, 0.2) is 0 Å². The molecule has 18 heavy (non-hydrogen) atoms. The van der Waals surface area contributed by atoms with Crippen LogP contribution in [0.5, 0.6) is 0 Å². The summed E-state index contributed by atoms with van der Waals surface area (Å²) < 4.78 is 107. The highest BCUT2D eigenvalue weighted by Gasteiger charge is 2.79. The van der Waals surface area contributed by atoms with Gasteiger partial charge in [0.15, 0.2) is 0 Å². The predicted molar refractivity (Wildman–Crippen MR) is 44.3 cm³/mol. The molecule has 0 aromatic heterocycles. The lowest BCUT2D eigenvalue weighted by Crippen LogP contribution is -2.60. The van der Waals surface area contributed by atoms with Crippen LogP contribution in [0.3, 0.4) is 0 Å². The molecule has 1 unspecified atom stereocenters. The van der Waals surface area contributed by atoms with Gasteiger partial charge in [-0.05, 0) is 6.92 Å². The SMILES string of the molecule is CC(O)N(C)S(=O)(=O)C(F)(F)C(F)(F)C(F)(F)F. The molecule has 0 spiro atoms. The van der Waals surface area contributed by atoms with E-state index in [4.69, 9.17) is 5.11 Å². The van der Waals surface area contributed by atoms with E-state index in [0.29, 0.717) is 6.92 Å². The van der Waals surface area contributed by atoms with Crippen LogP contribution in [0.25, 0.3) is 0 Å². The van der Waals surface area contributed by atoms with Crippen molar-refractivity contribution in [3.8, 4) is 0 Å². The highest BCUT2D eigenvalue weighted by molar-refractivity contribution is 7.90.